The molecule has 0 radical (unpaired) electrons. The highest BCUT2D eigenvalue weighted by Crippen LogP contribution is 2.64. The van der Waals surface area contributed by atoms with Crippen molar-refractivity contribution in [1.82, 2.24) is 9.62 Å². The van der Waals surface area contributed by atoms with Gasteiger partial charge in [0.2, 0.25) is 10.0 Å². The van der Waals surface area contributed by atoms with Crippen LogP contribution in [0.15, 0.2) is 48.5 Å². The van der Waals surface area contributed by atoms with Crippen molar-refractivity contribution in [3.8, 4) is 0 Å². The Bertz CT molecular complexity index is 1180. The van der Waals surface area contributed by atoms with Gasteiger partial charge in [-0.25, -0.2) is 13.1 Å². The van der Waals surface area contributed by atoms with Crippen LogP contribution < -0.4 is 4.72 Å². The summed E-state index contributed by atoms with van der Waals surface area (Å²) in [7, 11) is -3.63. The summed E-state index contributed by atoms with van der Waals surface area (Å²) < 4.78 is 29.6. The number of hydrogen-bond donors (Lipinski definition) is 1. The maximum Gasteiger partial charge on any atom is 0.212 e. The first-order valence-electron chi connectivity index (χ1n) is 12.2. The summed E-state index contributed by atoms with van der Waals surface area (Å²) in [5, 5.41) is 1.34. The first-order valence-corrected chi connectivity index (χ1v) is 14.6. The van der Waals surface area contributed by atoms with E-state index in [9.17, 15) is 13.2 Å². The van der Waals surface area contributed by atoms with Crippen LogP contribution in [0.4, 0.5) is 0 Å². The van der Waals surface area contributed by atoms with Crippen molar-refractivity contribution in [2.45, 2.75) is 58.2 Å². The van der Waals surface area contributed by atoms with Crippen molar-refractivity contribution in [1.29, 1.82) is 0 Å². The minimum Gasteiger partial charge on any atom is -0.299 e. The molecule has 35 heavy (non-hydrogen) atoms. The Labute approximate surface area is 218 Å². The summed E-state index contributed by atoms with van der Waals surface area (Å²) >= 11 is 12.3. The number of carbonyl (C=O) groups excluding carboxylic acids is 1. The summed E-state index contributed by atoms with van der Waals surface area (Å²) in [6.07, 6.45) is 2.12. The summed E-state index contributed by atoms with van der Waals surface area (Å²) in [6, 6.07) is 15.2. The lowest BCUT2D eigenvalue weighted by molar-refractivity contribution is -0.128. The molecule has 2 aliphatic carbocycles. The summed E-state index contributed by atoms with van der Waals surface area (Å²) in [5.41, 5.74) is 1.13. The normalized spacial score (nSPS) is 30.1. The van der Waals surface area contributed by atoms with Gasteiger partial charge >= 0.3 is 0 Å². The monoisotopic (exact) mass is 534 g/mol. The van der Waals surface area contributed by atoms with Crippen LogP contribution in [0.2, 0.25) is 10.0 Å². The second-order valence-electron chi connectivity index (χ2n) is 11.1. The van der Waals surface area contributed by atoms with Gasteiger partial charge in [0, 0.05) is 40.5 Å². The van der Waals surface area contributed by atoms with E-state index in [1.54, 1.807) is 0 Å². The molecule has 1 saturated heterocycles. The molecule has 1 N–H and O–H groups in total. The van der Waals surface area contributed by atoms with Crippen LogP contribution in [-0.4, -0.2) is 43.5 Å². The average molecular weight is 536 g/mol. The van der Waals surface area contributed by atoms with E-state index in [-0.39, 0.29) is 35.1 Å². The molecule has 2 unspecified atom stereocenters. The third kappa shape index (κ3) is 4.25. The number of sulfonamides is 1. The van der Waals surface area contributed by atoms with E-state index < -0.39 is 15.4 Å². The second kappa shape index (κ2) is 8.84. The number of halogens is 2. The van der Waals surface area contributed by atoms with Crippen LogP contribution in [0.3, 0.4) is 0 Å². The standard InChI is InChI=1S/C27H32Cl2N2O3S/c1-17-23(30-35(33,34)16-27-13-12-20(14-24(27)32)26(27,2)3)15-31(17)25(18-4-8-21(28)9-5-18)19-6-10-22(29)11-7-19/h4-11,17,20,23,25,30H,12-16H2,1-3H3/t17-,20?,23+,27?/m1/s1. The number of hydrogen-bond acceptors (Lipinski definition) is 4. The van der Waals surface area contributed by atoms with E-state index in [0.717, 1.165) is 17.5 Å². The summed E-state index contributed by atoms with van der Waals surface area (Å²) in [6.45, 7) is 6.76. The Hall–Kier alpha value is -1.44. The van der Waals surface area contributed by atoms with Crippen molar-refractivity contribution in [2.24, 2.45) is 16.7 Å². The maximum atomic E-state index is 13.3. The molecule has 2 aromatic rings. The Balaban J connectivity index is 1.34. The average Bonchev–Trinajstić information content (AvgIpc) is 3.14. The van der Waals surface area contributed by atoms with Gasteiger partial charge in [-0.2, -0.15) is 0 Å². The van der Waals surface area contributed by atoms with Crippen LogP contribution in [0.5, 0.6) is 0 Å². The van der Waals surface area contributed by atoms with Gasteiger partial charge in [0.15, 0.2) is 0 Å². The van der Waals surface area contributed by atoms with Crippen LogP contribution in [-0.2, 0) is 14.8 Å². The van der Waals surface area contributed by atoms with Crippen molar-refractivity contribution in [3.63, 3.8) is 0 Å². The van der Waals surface area contributed by atoms with Crippen LogP contribution >= 0.6 is 23.2 Å². The molecule has 2 bridgehead atoms. The number of ketones is 1. The van der Waals surface area contributed by atoms with E-state index >= 15 is 0 Å². The quantitative estimate of drug-likeness (QED) is 0.511. The lowest BCUT2D eigenvalue weighted by Gasteiger charge is -2.51. The number of Topliss-reactive ketones (excluding diaryl/α,β-unsaturated/α-hetero) is 1. The van der Waals surface area contributed by atoms with Gasteiger partial charge in [-0.3, -0.25) is 9.69 Å². The van der Waals surface area contributed by atoms with Crippen molar-refractivity contribution in [3.05, 3.63) is 69.7 Å². The van der Waals surface area contributed by atoms with E-state index in [0.29, 0.717) is 35.3 Å². The molecule has 0 spiro atoms. The zero-order valence-corrected chi connectivity index (χ0v) is 22.6. The minimum atomic E-state index is -3.63. The lowest BCUT2D eigenvalue weighted by Crippen LogP contribution is -2.66. The molecule has 1 aliphatic heterocycles. The zero-order valence-electron chi connectivity index (χ0n) is 20.3. The SMILES string of the molecule is C[C@@H]1[C@@H](NS(=O)(=O)CC23CCC(CC2=O)C3(C)C)CN1C(c1ccc(Cl)cc1)c1ccc(Cl)cc1. The number of benzene rings is 2. The van der Waals surface area contributed by atoms with Crippen molar-refractivity contribution >= 4 is 39.0 Å². The molecule has 1 heterocycles. The Kier molecular flexibility index (Phi) is 6.37. The van der Waals surface area contributed by atoms with Gasteiger partial charge in [-0.05, 0) is 66.5 Å². The Morgan fingerprint density at radius 1 is 1.03 bits per heavy atom. The predicted molar refractivity (Wildman–Crippen MR) is 140 cm³/mol. The molecule has 3 aliphatic rings. The number of nitrogens with one attached hydrogen (secondary N) is 1. The number of nitrogens with zero attached hydrogens (tertiary/aromatic N) is 1. The van der Waals surface area contributed by atoms with E-state index in [1.807, 2.05) is 55.5 Å². The maximum absolute atomic E-state index is 13.3. The summed E-state index contributed by atoms with van der Waals surface area (Å²) in [5.74, 6) is 0.310. The largest absolute Gasteiger partial charge is 0.299 e. The number of fused-ring (bicyclic) bond motifs is 2. The van der Waals surface area contributed by atoms with Gasteiger partial charge in [0.25, 0.3) is 0 Å². The third-order valence-electron chi connectivity index (χ3n) is 9.12. The van der Waals surface area contributed by atoms with Gasteiger partial charge in [-0.1, -0.05) is 61.3 Å². The molecule has 4 atom stereocenters. The first kappa shape index (κ1) is 25.2. The van der Waals surface area contributed by atoms with Crippen LogP contribution in [0.25, 0.3) is 0 Å². The molecule has 188 valence electrons. The molecule has 8 heteroatoms. The Morgan fingerprint density at radius 2 is 1.57 bits per heavy atom. The Morgan fingerprint density at radius 3 is 2.00 bits per heavy atom. The molecular weight excluding hydrogens is 503 g/mol. The molecule has 0 aromatic heterocycles. The fourth-order valence-electron chi connectivity index (χ4n) is 6.69. The molecule has 0 amide bonds. The fourth-order valence-corrected chi connectivity index (χ4v) is 9.08. The molecule has 2 aromatic carbocycles. The van der Waals surface area contributed by atoms with Crippen molar-refractivity contribution in [2.75, 3.05) is 12.3 Å². The number of likely N-dealkylation sites (tertiary alicyclic amines) is 1. The number of carbonyl (C=O) groups is 1. The van der Waals surface area contributed by atoms with E-state index in [4.69, 9.17) is 23.2 Å². The van der Waals surface area contributed by atoms with Crippen LogP contribution in [0, 0.1) is 16.7 Å². The smallest absolute Gasteiger partial charge is 0.212 e. The van der Waals surface area contributed by atoms with E-state index in [2.05, 4.69) is 23.5 Å². The highest BCUT2D eigenvalue weighted by molar-refractivity contribution is 7.89. The van der Waals surface area contributed by atoms with Gasteiger partial charge in [0.05, 0.1) is 11.8 Å². The molecule has 2 saturated carbocycles. The van der Waals surface area contributed by atoms with Gasteiger partial charge in [0.1, 0.15) is 5.78 Å². The lowest BCUT2D eigenvalue weighted by atomic mass is 9.70. The molecule has 5 rings (SSSR count). The molecular formula is C27H32Cl2N2O3S. The zero-order chi connectivity index (χ0) is 25.2. The van der Waals surface area contributed by atoms with E-state index in [1.165, 1.54) is 0 Å². The van der Waals surface area contributed by atoms with Gasteiger partial charge in [-0.15, -0.1) is 0 Å². The highest BCUT2D eigenvalue weighted by Gasteiger charge is 2.65. The fraction of sp³-hybridized carbons (Fsp3) is 0.519. The second-order valence-corrected chi connectivity index (χ2v) is 13.7. The highest BCUT2D eigenvalue weighted by atomic mass is 35.5. The summed E-state index contributed by atoms with van der Waals surface area (Å²) in [4.78, 5) is 15.2. The van der Waals surface area contributed by atoms with Crippen molar-refractivity contribution < 1.29 is 13.2 Å². The topological polar surface area (TPSA) is 66.5 Å². The van der Waals surface area contributed by atoms with Crippen LogP contribution in [0.1, 0.15) is 57.2 Å². The predicted octanol–water partition coefficient (Wildman–Crippen LogP) is 5.47. The molecule has 3 fully saturated rings. The number of rotatable bonds is 7. The molecule has 5 nitrogen and oxygen atoms in total. The third-order valence-corrected chi connectivity index (χ3v) is 11.2. The first-order chi connectivity index (χ1) is 16.4. The van der Waals surface area contributed by atoms with Gasteiger partial charge < -0.3 is 0 Å². The minimum absolute atomic E-state index is 0.0257.